The lowest BCUT2D eigenvalue weighted by molar-refractivity contribution is 0.0997. The quantitative estimate of drug-likeness (QED) is 0.942. The highest BCUT2D eigenvalue weighted by atomic mass is 32.1. The minimum absolute atomic E-state index is 0.206. The summed E-state index contributed by atoms with van der Waals surface area (Å²) < 4.78 is 12.9. The molecule has 1 aromatic heterocycles. The Morgan fingerprint density at radius 2 is 1.85 bits per heavy atom. The van der Waals surface area contributed by atoms with Gasteiger partial charge in [0.1, 0.15) is 16.5 Å². The average Bonchev–Trinajstić information content (AvgIpc) is 2.80. The molecular weight excluding hydrogens is 279 g/mol. The van der Waals surface area contributed by atoms with Crippen molar-refractivity contribution < 1.29 is 9.18 Å². The van der Waals surface area contributed by atoms with E-state index in [-0.39, 0.29) is 17.5 Å². The summed E-state index contributed by atoms with van der Waals surface area (Å²) in [5, 5.41) is 0.665. The van der Waals surface area contributed by atoms with Crippen molar-refractivity contribution in [3.05, 3.63) is 35.0 Å². The number of aromatic nitrogens is 1. The van der Waals surface area contributed by atoms with Crippen LogP contribution in [-0.2, 0) is 0 Å². The molecule has 0 spiro atoms. The van der Waals surface area contributed by atoms with Gasteiger partial charge < -0.3 is 15.5 Å². The Bertz CT molecular complexity index is 624. The van der Waals surface area contributed by atoms with Crippen LogP contribution >= 0.6 is 11.3 Å². The molecule has 2 aromatic rings. The van der Waals surface area contributed by atoms with E-state index in [1.165, 1.54) is 40.5 Å². The first kappa shape index (κ1) is 14.3. The van der Waals surface area contributed by atoms with E-state index in [1.807, 2.05) is 14.1 Å². The Morgan fingerprint density at radius 1 is 1.25 bits per heavy atom. The number of benzene rings is 1. The molecule has 1 amide bonds. The van der Waals surface area contributed by atoms with Crippen LogP contribution in [-0.4, -0.2) is 32.0 Å². The number of anilines is 3. The molecule has 0 atom stereocenters. The van der Waals surface area contributed by atoms with Gasteiger partial charge in [-0.1, -0.05) is 11.3 Å². The van der Waals surface area contributed by atoms with E-state index in [9.17, 15) is 9.18 Å². The fourth-order valence-electron chi connectivity index (χ4n) is 1.60. The average molecular weight is 294 g/mol. The summed E-state index contributed by atoms with van der Waals surface area (Å²) in [6.07, 6.45) is 0. The fraction of sp³-hybridized carbons (Fsp3) is 0.231. The number of carbonyl (C=O) groups excluding carboxylic acids is 1. The third-order valence-corrected chi connectivity index (χ3v) is 3.96. The number of thiazole rings is 1. The first-order valence-corrected chi connectivity index (χ1v) is 6.69. The lowest BCUT2D eigenvalue weighted by atomic mass is 10.3. The third kappa shape index (κ3) is 2.72. The van der Waals surface area contributed by atoms with E-state index in [0.29, 0.717) is 15.7 Å². The zero-order chi connectivity index (χ0) is 14.9. The first-order chi connectivity index (χ1) is 9.40. The SMILES string of the molecule is CN(C)c1nc(N)c(C(=O)N(C)c2ccc(F)cc2)s1. The molecule has 0 unspecified atom stereocenters. The summed E-state index contributed by atoms with van der Waals surface area (Å²) in [6, 6.07) is 5.69. The number of nitrogen functional groups attached to an aromatic ring is 1. The van der Waals surface area contributed by atoms with Crippen molar-refractivity contribution >= 4 is 33.9 Å². The van der Waals surface area contributed by atoms with Gasteiger partial charge in [-0.25, -0.2) is 9.37 Å². The van der Waals surface area contributed by atoms with Crippen LogP contribution in [0.3, 0.4) is 0 Å². The van der Waals surface area contributed by atoms with E-state index in [1.54, 1.807) is 11.9 Å². The van der Waals surface area contributed by atoms with Crippen LogP contribution in [0.4, 0.5) is 21.0 Å². The highest BCUT2D eigenvalue weighted by molar-refractivity contribution is 7.18. The van der Waals surface area contributed by atoms with Gasteiger partial charge in [-0.3, -0.25) is 4.79 Å². The molecule has 0 aliphatic rings. The third-order valence-electron chi connectivity index (χ3n) is 2.74. The monoisotopic (exact) mass is 294 g/mol. The van der Waals surface area contributed by atoms with Crippen LogP contribution in [0.5, 0.6) is 0 Å². The Labute approximate surface area is 120 Å². The van der Waals surface area contributed by atoms with Crippen molar-refractivity contribution in [2.45, 2.75) is 0 Å². The Hall–Kier alpha value is -2.15. The predicted octanol–water partition coefficient (Wildman–Crippen LogP) is 2.21. The second-order valence-corrected chi connectivity index (χ2v) is 5.42. The Morgan fingerprint density at radius 3 is 2.35 bits per heavy atom. The Kier molecular flexibility index (Phi) is 3.89. The van der Waals surface area contributed by atoms with Crippen molar-refractivity contribution in [2.75, 3.05) is 36.7 Å². The molecule has 0 radical (unpaired) electrons. The van der Waals surface area contributed by atoms with Gasteiger partial charge in [0.25, 0.3) is 5.91 Å². The summed E-state index contributed by atoms with van der Waals surface area (Å²) in [7, 11) is 5.27. The number of rotatable bonds is 3. The molecule has 5 nitrogen and oxygen atoms in total. The van der Waals surface area contributed by atoms with Crippen molar-refractivity contribution in [2.24, 2.45) is 0 Å². The van der Waals surface area contributed by atoms with Crippen LogP contribution in [0.15, 0.2) is 24.3 Å². The summed E-state index contributed by atoms with van der Waals surface area (Å²) >= 11 is 1.23. The number of amides is 1. The highest BCUT2D eigenvalue weighted by Gasteiger charge is 2.21. The van der Waals surface area contributed by atoms with Gasteiger partial charge in [0.05, 0.1) is 0 Å². The second kappa shape index (κ2) is 5.46. The minimum Gasteiger partial charge on any atom is -0.382 e. The van der Waals surface area contributed by atoms with E-state index in [2.05, 4.69) is 4.98 Å². The zero-order valence-corrected chi connectivity index (χ0v) is 12.2. The van der Waals surface area contributed by atoms with Gasteiger partial charge in [0, 0.05) is 26.8 Å². The summed E-state index contributed by atoms with van der Waals surface area (Å²) in [4.78, 5) is 20.1. The molecule has 0 aliphatic heterocycles. The maximum Gasteiger partial charge on any atom is 0.272 e. The Balaban J connectivity index is 2.28. The lowest BCUT2D eigenvalue weighted by Gasteiger charge is -2.16. The van der Waals surface area contributed by atoms with Gasteiger partial charge in [-0.2, -0.15) is 0 Å². The van der Waals surface area contributed by atoms with Crippen LogP contribution in [0.25, 0.3) is 0 Å². The van der Waals surface area contributed by atoms with E-state index in [4.69, 9.17) is 5.73 Å². The van der Waals surface area contributed by atoms with Crippen LogP contribution < -0.4 is 15.5 Å². The second-order valence-electron chi connectivity index (χ2n) is 4.45. The molecule has 0 fully saturated rings. The molecule has 0 saturated carbocycles. The van der Waals surface area contributed by atoms with Gasteiger partial charge in [-0.15, -0.1) is 0 Å². The van der Waals surface area contributed by atoms with Gasteiger partial charge in [0.2, 0.25) is 0 Å². The van der Waals surface area contributed by atoms with E-state index in [0.717, 1.165) is 0 Å². The maximum absolute atomic E-state index is 12.9. The molecule has 106 valence electrons. The standard InChI is InChI=1S/C13H15FN4OS/c1-17(2)13-16-11(15)10(20-13)12(19)18(3)9-6-4-8(14)5-7-9/h4-7H,15H2,1-3H3. The smallest absolute Gasteiger partial charge is 0.272 e. The molecule has 2 rings (SSSR count). The number of hydrogen-bond acceptors (Lipinski definition) is 5. The van der Waals surface area contributed by atoms with Crippen molar-refractivity contribution in [3.8, 4) is 0 Å². The summed E-state index contributed by atoms with van der Waals surface area (Å²) in [6.45, 7) is 0. The van der Waals surface area contributed by atoms with Gasteiger partial charge >= 0.3 is 0 Å². The molecule has 1 heterocycles. The molecule has 1 aromatic carbocycles. The largest absolute Gasteiger partial charge is 0.382 e. The van der Waals surface area contributed by atoms with Crippen molar-refractivity contribution in [3.63, 3.8) is 0 Å². The summed E-state index contributed by atoms with van der Waals surface area (Å²) in [5.74, 6) is -0.404. The normalized spacial score (nSPS) is 10.4. The summed E-state index contributed by atoms with van der Waals surface area (Å²) in [5.41, 5.74) is 6.38. The molecule has 0 aliphatic carbocycles. The van der Waals surface area contributed by atoms with Crippen LogP contribution in [0.1, 0.15) is 9.67 Å². The molecule has 7 heteroatoms. The number of carbonyl (C=O) groups is 1. The molecule has 0 bridgehead atoms. The molecule has 0 saturated heterocycles. The first-order valence-electron chi connectivity index (χ1n) is 5.87. The number of halogens is 1. The number of nitrogens with zero attached hydrogens (tertiary/aromatic N) is 3. The van der Waals surface area contributed by atoms with Crippen LogP contribution in [0, 0.1) is 5.82 Å². The number of nitrogens with two attached hydrogens (primary N) is 1. The minimum atomic E-state index is -0.346. The number of hydrogen-bond donors (Lipinski definition) is 1. The molecular formula is C13H15FN4OS. The fourth-order valence-corrected chi connectivity index (χ4v) is 2.48. The van der Waals surface area contributed by atoms with Crippen LogP contribution in [0.2, 0.25) is 0 Å². The van der Waals surface area contributed by atoms with Crippen molar-refractivity contribution in [1.29, 1.82) is 0 Å². The molecule has 2 N–H and O–H groups in total. The van der Waals surface area contributed by atoms with Gasteiger partial charge in [-0.05, 0) is 24.3 Å². The van der Waals surface area contributed by atoms with Gasteiger partial charge in [0.15, 0.2) is 5.13 Å². The highest BCUT2D eigenvalue weighted by Crippen LogP contribution is 2.29. The van der Waals surface area contributed by atoms with E-state index < -0.39 is 0 Å². The zero-order valence-electron chi connectivity index (χ0n) is 11.4. The maximum atomic E-state index is 12.9. The van der Waals surface area contributed by atoms with E-state index >= 15 is 0 Å². The predicted molar refractivity (Wildman–Crippen MR) is 80.0 cm³/mol. The topological polar surface area (TPSA) is 62.5 Å². The lowest BCUT2D eigenvalue weighted by Crippen LogP contribution is -2.26. The molecule has 20 heavy (non-hydrogen) atoms. The van der Waals surface area contributed by atoms with Crippen molar-refractivity contribution in [1.82, 2.24) is 4.98 Å².